The third-order valence-corrected chi connectivity index (χ3v) is 5.22. The summed E-state index contributed by atoms with van der Waals surface area (Å²) >= 11 is 9.09. The molecule has 0 saturated heterocycles. The molecule has 0 unspecified atom stereocenters. The molecule has 2 aromatic rings. The van der Waals surface area contributed by atoms with Gasteiger partial charge in [0.25, 0.3) is 0 Å². The first-order valence-electron chi connectivity index (χ1n) is 7.86. The van der Waals surface area contributed by atoms with Gasteiger partial charge in [0.2, 0.25) is 0 Å². The second-order valence-electron chi connectivity index (χ2n) is 5.49. The van der Waals surface area contributed by atoms with E-state index in [1.54, 1.807) is 0 Å². The van der Waals surface area contributed by atoms with Crippen LogP contribution in [0.4, 0.5) is 0 Å². The zero-order valence-corrected chi connectivity index (χ0v) is 25.2. The molecular weight excluding hydrogens is 880 g/mol. The van der Waals surface area contributed by atoms with E-state index in [1.165, 1.54) is 14.3 Å². The number of aliphatic imine (C=N–C) groups is 2. The summed E-state index contributed by atoms with van der Waals surface area (Å²) in [6, 6.07) is 12.5. The molecule has 0 aromatic heterocycles. The van der Waals surface area contributed by atoms with Gasteiger partial charge in [-0.1, -0.05) is 0 Å². The molecule has 0 aliphatic rings. The lowest BCUT2D eigenvalue weighted by Gasteiger charge is -2.00. The minimum atomic E-state index is -4.67. The molecule has 10 N–H and O–H groups in total. The lowest BCUT2D eigenvalue weighted by Crippen LogP contribution is -2.22. The van der Waals surface area contributed by atoms with E-state index in [0.29, 0.717) is 13.1 Å². The van der Waals surface area contributed by atoms with Gasteiger partial charge < -0.3 is 22.9 Å². The van der Waals surface area contributed by atoms with Crippen molar-refractivity contribution in [3.8, 4) is 0 Å². The van der Waals surface area contributed by atoms with Crippen LogP contribution in [0, 0.1) is 14.3 Å². The van der Waals surface area contributed by atoms with Crippen molar-refractivity contribution >= 4 is 113 Å². The molecule has 31 heavy (non-hydrogen) atoms. The molecule has 2 rings (SSSR count). The third-order valence-electron chi connectivity index (χ3n) is 2.73. The second kappa shape index (κ2) is 15.6. The quantitative estimate of drug-likeness (QED) is 0.116. The highest BCUT2D eigenvalue weighted by Crippen LogP contribution is 2.15. The van der Waals surface area contributed by atoms with E-state index in [0.717, 1.165) is 11.1 Å². The first kappa shape index (κ1) is 30.8. The van der Waals surface area contributed by atoms with Crippen molar-refractivity contribution in [1.29, 1.82) is 0 Å². The average molecular weight is 900 g/mol. The zero-order chi connectivity index (χ0) is 24.2. The highest BCUT2D eigenvalue weighted by molar-refractivity contribution is 14.1. The third kappa shape index (κ3) is 20.1. The van der Waals surface area contributed by atoms with E-state index in [9.17, 15) is 0 Å². The number of hydrogen-bond donors (Lipinski definition) is 6. The Morgan fingerprint density at radius 3 is 1.10 bits per heavy atom. The van der Waals surface area contributed by atoms with Crippen LogP contribution in [0.3, 0.4) is 0 Å². The summed E-state index contributed by atoms with van der Waals surface area (Å²) in [5.41, 5.74) is 23.2. The van der Waals surface area contributed by atoms with Gasteiger partial charge in [-0.15, -0.1) is 0 Å². The summed E-state index contributed by atoms with van der Waals surface area (Å²) in [5, 5.41) is 0. The van der Waals surface area contributed by atoms with E-state index in [-0.39, 0.29) is 11.9 Å². The summed E-state index contributed by atoms with van der Waals surface area (Å²) in [6.45, 7) is 1.10. The largest absolute Gasteiger partial charge is 0.394 e. The molecule has 10 nitrogen and oxygen atoms in total. The van der Waals surface area contributed by atoms with Gasteiger partial charge in [0.05, 0.1) is 13.1 Å². The molecule has 0 spiro atoms. The normalized spacial score (nSPS) is 10.0. The monoisotopic (exact) mass is 900 g/mol. The molecular formula is C16H20I4N6O4S. The Labute approximate surface area is 235 Å². The topological polar surface area (TPSA) is 203 Å². The molecule has 15 heteroatoms. The van der Waals surface area contributed by atoms with Crippen LogP contribution in [-0.4, -0.2) is 29.4 Å². The number of hydrogen-bond acceptors (Lipinski definition) is 4. The summed E-state index contributed by atoms with van der Waals surface area (Å²) < 4.78 is 36.4. The van der Waals surface area contributed by atoms with Crippen LogP contribution in [0.2, 0.25) is 0 Å². The fourth-order valence-corrected chi connectivity index (χ4v) is 5.90. The van der Waals surface area contributed by atoms with Gasteiger partial charge in [-0.05, 0) is 138 Å². The summed E-state index contributed by atoms with van der Waals surface area (Å²) in [7, 11) is -4.67. The number of benzene rings is 2. The first-order valence-corrected chi connectivity index (χ1v) is 13.6. The standard InChI is InChI=1S/2C8H9I2N3.H2O4S/c2*9-6-1-5(2-7(10)3-6)4-13-8(11)12;1-5(2,3)4/h2*1-3H,4H2,(H4,11,12,13);(H2,1,2,3,4). The van der Waals surface area contributed by atoms with Crippen molar-refractivity contribution in [1.82, 2.24) is 0 Å². The molecule has 2 aromatic carbocycles. The minimum absolute atomic E-state index is 0.133. The van der Waals surface area contributed by atoms with Gasteiger partial charge in [0.15, 0.2) is 11.9 Å². The van der Waals surface area contributed by atoms with Crippen LogP contribution >= 0.6 is 90.4 Å². The summed E-state index contributed by atoms with van der Waals surface area (Å²) in [4.78, 5) is 7.89. The molecule has 172 valence electrons. The predicted octanol–water partition coefficient (Wildman–Crippen LogP) is 2.69. The van der Waals surface area contributed by atoms with E-state index < -0.39 is 10.4 Å². The Bertz CT molecular complexity index is 911. The van der Waals surface area contributed by atoms with Gasteiger partial charge >= 0.3 is 10.4 Å². The Kier molecular flexibility index (Phi) is 15.5. The maximum absolute atomic E-state index is 8.74. The lowest BCUT2D eigenvalue weighted by molar-refractivity contribution is 0.381. The summed E-state index contributed by atoms with van der Waals surface area (Å²) in [5.74, 6) is 0.266. The van der Waals surface area contributed by atoms with Gasteiger partial charge in [0.1, 0.15) is 0 Å². The fraction of sp³-hybridized carbons (Fsp3) is 0.125. The van der Waals surface area contributed by atoms with Gasteiger partial charge in [0, 0.05) is 14.3 Å². The Balaban J connectivity index is 0.000000479. The van der Waals surface area contributed by atoms with Crippen LogP contribution in [0.15, 0.2) is 46.4 Å². The first-order chi connectivity index (χ1) is 14.2. The number of nitrogens with zero attached hydrogens (tertiary/aromatic N) is 2. The molecule has 0 radical (unpaired) electrons. The molecule has 0 saturated carbocycles. The van der Waals surface area contributed by atoms with E-state index in [1.807, 2.05) is 0 Å². The van der Waals surface area contributed by atoms with Crippen molar-refractivity contribution in [2.45, 2.75) is 13.1 Å². The maximum atomic E-state index is 8.74. The van der Waals surface area contributed by atoms with Crippen LogP contribution in [0.25, 0.3) is 0 Å². The molecule has 0 atom stereocenters. The number of rotatable bonds is 4. The van der Waals surface area contributed by atoms with E-state index in [2.05, 4.69) is 137 Å². The second-order valence-corrected chi connectivity index (χ2v) is 11.4. The molecule has 0 aliphatic heterocycles. The summed E-state index contributed by atoms with van der Waals surface area (Å²) in [6.07, 6.45) is 0. The minimum Gasteiger partial charge on any atom is -0.370 e. The molecule has 0 aliphatic carbocycles. The Morgan fingerprint density at radius 1 is 0.677 bits per heavy atom. The van der Waals surface area contributed by atoms with Crippen molar-refractivity contribution in [2.75, 3.05) is 0 Å². The molecule has 0 bridgehead atoms. The van der Waals surface area contributed by atoms with Crippen molar-refractivity contribution < 1.29 is 17.5 Å². The Morgan fingerprint density at radius 2 is 0.903 bits per heavy atom. The SMILES string of the molecule is NC(N)=NCc1cc(I)cc(I)c1.NC(N)=NCc1cc(I)cc(I)c1.O=S(=O)(O)O. The number of halogens is 4. The van der Waals surface area contributed by atoms with Crippen LogP contribution < -0.4 is 22.9 Å². The predicted molar refractivity (Wildman–Crippen MR) is 157 cm³/mol. The lowest BCUT2D eigenvalue weighted by atomic mass is 10.2. The molecule has 0 amide bonds. The highest BCUT2D eigenvalue weighted by Gasteiger charge is 1.97. The van der Waals surface area contributed by atoms with Crippen LogP contribution in [0.1, 0.15) is 11.1 Å². The zero-order valence-electron chi connectivity index (χ0n) is 15.7. The van der Waals surface area contributed by atoms with E-state index in [4.69, 9.17) is 40.5 Å². The average Bonchev–Trinajstić information content (AvgIpc) is 2.56. The van der Waals surface area contributed by atoms with Crippen molar-refractivity contribution in [2.24, 2.45) is 32.9 Å². The number of guanidine groups is 2. The van der Waals surface area contributed by atoms with Crippen LogP contribution in [-0.2, 0) is 23.5 Å². The fourth-order valence-electron chi connectivity index (χ4n) is 1.77. The van der Waals surface area contributed by atoms with Crippen LogP contribution in [0.5, 0.6) is 0 Å². The Hall–Kier alpha value is -0.230. The molecule has 0 heterocycles. The van der Waals surface area contributed by atoms with E-state index >= 15 is 0 Å². The van der Waals surface area contributed by atoms with Crippen molar-refractivity contribution in [3.05, 3.63) is 61.8 Å². The smallest absolute Gasteiger partial charge is 0.370 e. The highest BCUT2D eigenvalue weighted by atomic mass is 127. The van der Waals surface area contributed by atoms with Gasteiger partial charge in [-0.2, -0.15) is 8.42 Å². The van der Waals surface area contributed by atoms with Gasteiger partial charge in [-0.25, -0.2) is 9.98 Å². The maximum Gasteiger partial charge on any atom is 0.394 e. The molecule has 0 fully saturated rings. The number of nitrogens with two attached hydrogens (primary N) is 4. The van der Waals surface area contributed by atoms with Crippen molar-refractivity contribution in [3.63, 3.8) is 0 Å². The van der Waals surface area contributed by atoms with Gasteiger partial charge in [-0.3, -0.25) is 9.11 Å².